The Bertz CT molecular complexity index is 447. The Labute approximate surface area is 115 Å². The van der Waals surface area contributed by atoms with Crippen molar-refractivity contribution < 1.29 is 19.1 Å². The molecule has 1 heterocycles. The van der Waals surface area contributed by atoms with Crippen molar-refractivity contribution in [3.63, 3.8) is 0 Å². The summed E-state index contributed by atoms with van der Waals surface area (Å²) >= 11 is 1.19. The van der Waals surface area contributed by atoms with Gasteiger partial charge < -0.3 is 20.5 Å². The van der Waals surface area contributed by atoms with Gasteiger partial charge in [-0.25, -0.2) is 4.79 Å². The number of amides is 1. The van der Waals surface area contributed by atoms with Gasteiger partial charge in [-0.3, -0.25) is 4.79 Å². The zero-order chi connectivity index (χ0) is 14.3. The van der Waals surface area contributed by atoms with E-state index in [0.717, 1.165) is 0 Å². The molecule has 1 aromatic heterocycles. The molecule has 0 aliphatic rings. The average Bonchev–Trinajstić information content (AvgIpc) is 2.70. The van der Waals surface area contributed by atoms with E-state index in [-0.39, 0.29) is 6.61 Å². The van der Waals surface area contributed by atoms with Crippen LogP contribution in [0.2, 0.25) is 0 Å². The number of hydrogen-bond acceptors (Lipinski definition) is 7. The molecule has 0 aliphatic carbocycles. The van der Waals surface area contributed by atoms with Crippen LogP contribution in [-0.4, -0.2) is 42.6 Å². The Balaban J connectivity index is 2.50. The highest BCUT2D eigenvalue weighted by Gasteiger charge is 2.19. The first kappa shape index (κ1) is 15.4. The number of esters is 1. The lowest BCUT2D eigenvalue weighted by Crippen LogP contribution is -2.20. The fourth-order valence-electron chi connectivity index (χ4n) is 1.34. The summed E-state index contributed by atoms with van der Waals surface area (Å²) in [6, 6.07) is 0. The number of carbonyl (C=O) groups excluding carboxylic acids is 2. The van der Waals surface area contributed by atoms with E-state index in [1.807, 2.05) is 0 Å². The van der Waals surface area contributed by atoms with Crippen LogP contribution in [0.15, 0.2) is 0 Å². The Kier molecular flexibility index (Phi) is 6.23. The zero-order valence-electron chi connectivity index (χ0n) is 10.9. The molecule has 7 nitrogen and oxygen atoms in total. The SMILES string of the molecule is CCOC(=O)c1c(C)nsc1NCCOCC(N)=O. The van der Waals surface area contributed by atoms with E-state index in [0.29, 0.717) is 36.0 Å². The molecule has 0 bridgehead atoms. The van der Waals surface area contributed by atoms with Gasteiger partial charge >= 0.3 is 5.97 Å². The van der Waals surface area contributed by atoms with E-state index in [4.69, 9.17) is 15.2 Å². The third kappa shape index (κ3) is 4.84. The van der Waals surface area contributed by atoms with Gasteiger partial charge in [0.2, 0.25) is 5.91 Å². The van der Waals surface area contributed by atoms with Crippen molar-refractivity contribution in [3.8, 4) is 0 Å². The topological polar surface area (TPSA) is 104 Å². The molecule has 106 valence electrons. The summed E-state index contributed by atoms with van der Waals surface area (Å²) in [7, 11) is 0. The van der Waals surface area contributed by atoms with Gasteiger partial charge in [0, 0.05) is 6.54 Å². The van der Waals surface area contributed by atoms with Crippen LogP contribution in [-0.2, 0) is 14.3 Å². The summed E-state index contributed by atoms with van der Waals surface area (Å²) in [4.78, 5) is 22.2. The Hall–Kier alpha value is -1.67. The molecular weight excluding hydrogens is 270 g/mol. The zero-order valence-corrected chi connectivity index (χ0v) is 11.7. The maximum Gasteiger partial charge on any atom is 0.343 e. The molecule has 0 spiro atoms. The number of nitrogens with zero attached hydrogens (tertiary/aromatic N) is 1. The number of aryl methyl sites for hydroxylation is 1. The maximum atomic E-state index is 11.7. The standard InChI is InChI=1S/C11H17N3O4S/c1-3-18-11(16)9-7(2)14-19-10(9)13-4-5-17-6-8(12)15/h13H,3-6H2,1-2H3,(H2,12,15). The fraction of sp³-hybridized carbons (Fsp3) is 0.545. The van der Waals surface area contributed by atoms with Gasteiger partial charge in [-0.15, -0.1) is 0 Å². The van der Waals surface area contributed by atoms with Crippen molar-refractivity contribution in [3.05, 3.63) is 11.3 Å². The smallest absolute Gasteiger partial charge is 0.343 e. The highest BCUT2D eigenvalue weighted by Crippen LogP contribution is 2.24. The van der Waals surface area contributed by atoms with Crippen LogP contribution in [0.5, 0.6) is 0 Å². The molecule has 8 heteroatoms. The molecule has 1 amide bonds. The highest BCUT2D eigenvalue weighted by molar-refractivity contribution is 7.10. The van der Waals surface area contributed by atoms with Crippen LogP contribution >= 0.6 is 11.5 Å². The predicted octanol–water partition coefficient (Wildman–Crippen LogP) is 0.542. The van der Waals surface area contributed by atoms with Gasteiger partial charge in [-0.2, -0.15) is 4.37 Å². The van der Waals surface area contributed by atoms with Gasteiger partial charge in [-0.05, 0) is 25.4 Å². The van der Waals surface area contributed by atoms with Crippen LogP contribution in [0.3, 0.4) is 0 Å². The summed E-state index contributed by atoms with van der Waals surface area (Å²) in [5.41, 5.74) is 6.01. The molecule has 0 saturated heterocycles. The first-order chi connectivity index (χ1) is 9.06. The number of primary amides is 1. The third-order valence-electron chi connectivity index (χ3n) is 2.12. The predicted molar refractivity (Wildman–Crippen MR) is 71.3 cm³/mol. The maximum absolute atomic E-state index is 11.7. The number of ether oxygens (including phenoxy) is 2. The van der Waals surface area contributed by atoms with Crippen molar-refractivity contribution in [1.29, 1.82) is 0 Å². The molecule has 0 atom stereocenters. The second kappa shape index (κ2) is 7.70. The molecule has 0 unspecified atom stereocenters. The van der Waals surface area contributed by atoms with Crippen molar-refractivity contribution in [2.45, 2.75) is 13.8 Å². The van der Waals surface area contributed by atoms with Gasteiger partial charge in [0.25, 0.3) is 0 Å². The average molecular weight is 287 g/mol. The molecule has 0 radical (unpaired) electrons. The second-order valence-electron chi connectivity index (χ2n) is 3.64. The monoisotopic (exact) mass is 287 g/mol. The first-order valence-corrected chi connectivity index (χ1v) is 6.56. The lowest BCUT2D eigenvalue weighted by molar-refractivity contribution is -0.122. The summed E-state index contributed by atoms with van der Waals surface area (Å²) in [5.74, 6) is -0.907. The quantitative estimate of drug-likeness (QED) is 0.534. The molecule has 0 saturated carbocycles. The number of rotatable bonds is 8. The van der Waals surface area contributed by atoms with Crippen LogP contribution in [0.25, 0.3) is 0 Å². The van der Waals surface area contributed by atoms with Crippen molar-refractivity contribution in [1.82, 2.24) is 4.37 Å². The van der Waals surface area contributed by atoms with E-state index in [1.54, 1.807) is 13.8 Å². The molecule has 0 aromatic carbocycles. The molecule has 19 heavy (non-hydrogen) atoms. The minimum atomic E-state index is -0.513. The number of anilines is 1. The molecule has 3 N–H and O–H groups in total. The Morgan fingerprint density at radius 2 is 2.21 bits per heavy atom. The summed E-state index contributed by atoms with van der Waals surface area (Å²) in [6.07, 6.45) is 0. The lowest BCUT2D eigenvalue weighted by Gasteiger charge is -2.07. The molecular formula is C11H17N3O4S. The van der Waals surface area contributed by atoms with Gasteiger partial charge in [0.1, 0.15) is 17.2 Å². The van der Waals surface area contributed by atoms with Crippen LogP contribution < -0.4 is 11.1 Å². The minimum Gasteiger partial charge on any atom is -0.462 e. The van der Waals surface area contributed by atoms with Gasteiger partial charge in [0.15, 0.2) is 0 Å². The molecule has 1 rings (SSSR count). The Morgan fingerprint density at radius 3 is 2.84 bits per heavy atom. The number of nitrogens with two attached hydrogens (primary N) is 1. The van der Waals surface area contributed by atoms with E-state index < -0.39 is 11.9 Å². The van der Waals surface area contributed by atoms with Crippen molar-refractivity contribution >= 4 is 28.4 Å². The van der Waals surface area contributed by atoms with Crippen LogP contribution in [0.4, 0.5) is 5.00 Å². The largest absolute Gasteiger partial charge is 0.462 e. The summed E-state index contributed by atoms with van der Waals surface area (Å²) in [6.45, 7) is 4.45. The molecule has 0 aliphatic heterocycles. The van der Waals surface area contributed by atoms with Gasteiger partial charge in [-0.1, -0.05) is 0 Å². The van der Waals surface area contributed by atoms with Crippen molar-refractivity contribution in [2.24, 2.45) is 5.73 Å². The number of carbonyl (C=O) groups is 2. The first-order valence-electron chi connectivity index (χ1n) is 5.79. The highest BCUT2D eigenvalue weighted by atomic mass is 32.1. The molecule has 0 fully saturated rings. The summed E-state index contributed by atoms with van der Waals surface area (Å²) < 4.78 is 14.1. The minimum absolute atomic E-state index is 0.117. The molecule has 1 aromatic rings. The van der Waals surface area contributed by atoms with E-state index in [1.165, 1.54) is 11.5 Å². The third-order valence-corrected chi connectivity index (χ3v) is 3.01. The summed E-state index contributed by atoms with van der Waals surface area (Å²) in [5, 5.41) is 3.66. The lowest BCUT2D eigenvalue weighted by atomic mass is 10.2. The van der Waals surface area contributed by atoms with E-state index in [2.05, 4.69) is 9.69 Å². The number of aromatic nitrogens is 1. The second-order valence-corrected chi connectivity index (χ2v) is 4.41. The fourth-order valence-corrected chi connectivity index (χ4v) is 2.15. The van der Waals surface area contributed by atoms with Crippen molar-refractivity contribution in [2.75, 3.05) is 31.7 Å². The van der Waals surface area contributed by atoms with Gasteiger partial charge in [0.05, 0.1) is 18.9 Å². The van der Waals surface area contributed by atoms with Crippen LogP contribution in [0.1, 0.15) is 23.0 Å². The Morgan fingerprint density at radius 1 is 1.47 bits per heavy atom. The number of hydrogen-bond donors (Lipinski definition) is 2. The van der Waals surface area contributed by atoms with E-state index in [9.17, 15) is 9.59 Å². The van der Waals surface area contributed by atoms with E-state index >= 15 is 0 Å². The normalized spacial score (nSPS) is 10.2. The van der Waals surface area contributed by atoms with Crippen LogP contribution in [0, 0.1) is 6.92 Å². The number of nitrogens with one attached hydrogen (secondary N) is 1.